The fourth-order valence-corrected chi connectivity index (χ4v) is 2.35. The third kappa shape index (κ3) is 4.06. The lowest BCUT2D eigenvalue weighted by atomic mass is 10.1. The zero-order valence-electron chi connectivity index (χ0n) is 14.1. The topological polar surface area (TPSA) is 112 Å². The molecule has 2 rings (SSSR count). The maximum atomic E-state index is 12.7. The first-order chi connectivity index (χ1) is 12.6. The second kappa shape index (κ2) is 8.68. The summed E-state index contributed by atoms with van der Waals surface area (Å²) in [5.74, 6) is -0.359. The Kier molecular flexibility index (Phi) is 6.10. The molecule has 0 unspecified atom stereocenters. The van der Waals surface area contributed by atoms with Crippen LogP contribution in [-0.4, -0.2) is 5.91 Å². The fraction of sp³-hybridized carbons (Fsp3) is 0.100. The van der Waals surface area contributed by atoms with Crippen molar-refractivity contribution in [3.63, 3.8) is 0 Å². The number of aryl methyl sites for hydroxylation is 1. The Morgan fingerprint density at radius 3 is 2.12 bits per heavy atom. The summed E-state index contributed by atoms with van der Waals surface area (Å²) < 4.78 is 0. The highest BCUT2D eigenvalue weighted by molar-refractivity contribution is 6.08. The molecule has 2 aromatic rings. The maximum absolute atomic E-state index is 12.7. The van der Waals surface area contributed by atoms with Gasteiger partial charge in [0.1, 0.15) is 23.9 Å². The number of amides is 1. The molecule has 0 saturated carbocycles. The molecule has 0 aromatic heterocycles. The molecule has 126 valence electrons. The van der Waals surface area contributed by atoms with Crippen molar-refractivity contribution < 1.29 is 4.79 Å². The van der Waals surface area contributed by atoms with Crippen LogP contribution in [0.1, 0.15) is 22.8 Å². The van der Waals surface area contributed by atoms with E-state index in [1.807, 2.05) is 31.2 Å². The van der Waals surface area contributed by atoms with Gasteiger partial charge in [0, 0.05) is 5.69 Å². The van der Waals surface area contributed by atoms with Crippen molar-refractivity contribution in [2.24, 2.45) is 0 Å². The Morgan fingerprint density at radius 2 is 1.50 bits per heavy atom. The molecule has 0 aliphatic rings. The normalized spacial score (nSPS) is 9.15. The van der Waals surface area contributed by atoms with Crippen LogP contribution >= 0.6 is 0 Å². The molecule has 0 saturated heterocycles. The van der Waals surface area contributed by atoms with E-state index in [0.717, 1.165) is 12.0 Å². The van der Waals surface area contributed by atoms with E-state index < -0.39 is 0 Å². The van der Waals surface area contributed by atoms with Gasteiger partial charge in [-0.2, -0.15) is 15.8 Å². The summed E-state index contributed by atoms with van der Waals surface area (Å²) in [4.78, 5) is 12.7. The van der Waals surface area contributed by atoms with E-state index in [-0.39, 0.29) is 17.2 Å². The van der Waals surface area contributed by atoms with Crippen LogP contribution in [0, 0.1) is 34.0 Å². The third-order valence-electron chi connectivity index (χ3n) is 3.66. The zero-order chi connectivity index (χ0) is 18.9. The van der Waals surface area contributed by atoms with E-state index in [2.05, 4.69) is 10.6 Å². The number of benzene rings is 2. The van der Waals surface area contributed by atoms with Gasteiger partial charge in [-0.1, -0.05) is 37.3 Å². The van der Waals surface area contributed by atoms with Crippen molar-refractivity contribution in [3.05, 3.63) is 70.9 Å². The molecule has 6 heteroatoms. The van der Waals surface area contributed by atoms with Gasteiger partial charge >= 0.3 is 0 Å². The number of nitriles is 3. The number of para-hydroxylation sites is 2. The minimum absolute atomic E-state index is 0.204. The van der Waals surface area contributed by atoms with E-state index in [9.17, 15) is 10.1 Å². The Bertz CT molecular complexity index is 970. The first-order valence-corrected chi connectivity index (χ1v) is 7.84. The Hall–Kier alpha value is -4.08. The van der Waals surface area contributed by atoms with Crippen LogP contribution < -0.4 is 10.6 Å². The molecule has 0 atom stereocenters. The van der Waals surface area contributed by atoms with Gasteiger partial charge in [-0.25, -0.2) is 0 Å². The van der Waals surface area contributed by atoms with Gasteiger partial charge < -0.3 is 10.6 Å². The Balaban J connectivity index is 2.36. The lowest BCUT2D eigenvalue weighted by Crippen LogP contribution is -2.16. The average molecular weight is 341 g/mol. The number of nitrogens with zero attached hydrogens (tertiary/aromatic N) is 3. The van der Waals surface area contributed by atoms with Gasteiger partial charge in [0.15, 0.2) is 5.57 Å². The SMILES string of the molecule is CCc1ccccc1NC(=O)c1ccccc1NC(C#N)=C(C#N)C#N. The third-order valence-corrected chi connectivity index (χ3v) is 3.66. The van der Waals surface area contributed by atoms with Gasteiger partial charge in [0.2, 0.25) is 0 Å². The second-order valence-corrected chi connectivity index (χ2v) is 5.22. The van der Waals surface area contributed by atoms with Crippen molar-refractivity contribution >= 4 is 17.3 Å². The molecule has 0 fully saturated rings. The summed E-state index contributed by atoms with van der Waals surface area (Å²) >= 11 is 0. The Morgan fingerprint density at radius 1 is 0.885 bits per heavy atom. The van der Waals surface area contributed by atoms with E-state index in [1.54, 1.807) is 42.5 Å². The average Bonchev–Trinajstić information content (AvgIpc) is 2.68. The first-order valence-electron chi connectivity index (χ1n) is 7.84. The summed E-state index contributed by atoms with van der Waals surface area (Å²) in [5.41, 5.74) is 1.78. The molecule has 0 aliphatic heterocycles. The Labute approximate surface area is 151 Å². The number of allylic oxidation sites excluding steroid dienone is 2. The molecule has 0 spiro atoms. The van der Waals surface area contributed by atoms with E-state index in [1.165, 1.54) is 0 Å². The van der Waals surface area contributed by atoms with Crippen LogP contribution in [0.3, 0.4) is 0 Å². The lowest BCUT2D eigenvalue weighted by molar-refractivity contribution is 0.102. The number of nitrogens with one attached hydrogen (secondary N) is 2. The molecule has 2 aromatic carbocycles. The van der Waals surface area contributed by atoms with Crippen LogP contribution in [-0.2, 0) is 6.42 Å². The van der Waals surface area contributed by atoms with Gasteiger partial charge in [-0.15, -0.1) is 0 Å². The van der Waals surface area contributed by atoms with Gasteiger partial charge in [0.25, 0.3) is 5.91 Å². The predicted octanol–water partition coefficient (Wildman–Crippen LogP) is 3.74. The smallest absolute Gasteiger partial charge is 0.257 e. The zero-order valence-corrected chi connectivity index (χ0v) is 14.1. The highest BCUT2D eigenvalue weighted by Crippen LogP contribution is 2.21. The molecule has 2 N–H and O–H groups in total. The van der Waals surface area contributed by atoms with Crippen molar-refractivity contribution in [2.45, 2.75) is 13.3 Å². The summed E-state index contributed by atoms with van der Waals surface area (Å²) in [5, 5.41) is 32.6. The van der Waals surface area contributed by atoms with Crippen LogP contribution in [0.4, 0.5) is 11.4 Å². The van der Waals surface area contributed by atoms with Crippen molar-refractivity contribution in [1.29, 1.82) is 15.8 Å². The van der Waals surface area contributed by atoms with E-state index in [0.29, 0.717) is 16.9 Å². The summed E-state index contributed by atoms with van der Waals surface area (Å²) in [6.07, 6.45) is 0.769. The minimum Gasteiger partial charge on any atom is -0.344 e. The van der Waals surface area contributed by atoms with E-state index >= 15 is 0 Å². The summed E-state index contributed by atoms with van der Waals surface area (Å²) in [6, 6.07) is 19.2. The lowest BCUT2D eigenvalue weighted by Gasteiger charge is -2.13. The van der Waals surface area contributed by atoms with Crippen molar-refractivity contribution in [1.82, 2.24) is 0 Å². The monoisotopic (exact) mass is 341 g/mol. The highest BCUT2D eigenvalue weighted by atomic mass is 16.1. The minimum atomic E-state index is -0.359. The first kappa shape index (κ1) is 18.3. The summed E-state index contributed by atoms with van der Waals surface area (Å²) in [7, 11) is 0. The number of carbonyl (C=O) groups excluding carboxylic acids is 1. The van der Waals surface area contributed by atoms with E-state index in [4.69, 9.17) is 10.5 Å². The molecule has 0 radical (unpaired) electrons. The molecule has 1 amide bonds. The molecular formula is C20H15N5O. The van der Waals surface area contributed by atoms with Gasteiger partial charge in [-0.3, -0.25) is 4.79 Å². The largest absolute Gasteiger partial charge is 0.344 e. The summed E-state index contributed by atoms with van der Waals surface area (Å²) in [6.45, 7) is 2.00. The van der Waals surface area contributed by atoms with Gasteiger partial charge in [0.05, 0.1) is 11.3 Å². The van der Waals surface area contributed by atoms with Crippen LogP contribution in [0.5, 0.6) is 0 Å². The number of carbonyl (C=O) groups is 1. The highest BCUT2D eigenvalue weighted by Gasteiger charge is 2.15. The number of anilines is 2. The van der Waals surface area contributed by atoms with Gasteiger partial charge in [-0.05, 0) is 30.2 Å². The number of hydrogen-bond donors (Lipinski definition) is 2. The van der Waals surface area contributed by atoms with Crippen LogP contribution in [0.25, 0.3) is 0 Å². The molecule has 0 bridgehead atoms. The molecule has 0 heterocycles. The quantitative estimate of drug-likeness (QED) is 0.804. The standard InChI is InChI=1S/C20H15N5O/c1-2-14-7-3-5-9-17(14)25-20(26)16-8-4-6-10-18(16)24-19(13-23)15(11-21)12-22/h3-10,24H,2H2,1H3,(H,25,26). The van der Waals surface area contributed by atoms with Crippen molar-refractivity contribution in [3.8, 4) is 18.2 Å². The fourth-order valence-electron chi connectivity index (χ4n) is 2.35. The number of hydrogen-bond acceptors (Lipinski definition) is 5. The molecule has 6 nitrogen and oxygen atoms in total. The van der Waals surface area contributed by atoms with Crippen molar-refractivity contribution in [2.75, 3.05) is 10.6 Å². The second-order valence-electron chi connectivity index (χ2n) is 5.22. The maximum Gasteiger partial charge on any atom is 0.257 e. The predicted molar refractivity (Wildman–Crippen MR) is 97.7 cm³/mol. The number of rotatable bonds is 5. The van der Waals surface area contributed by atoms with Crippen LogP contribution in [0.2, 0.25) is 0 Å². The molecule has 26 heavy (non-hydrogen) atoms. The van der Waals surface area contributed by atoms with Crippen LogP contribution in [0.15, 0.2) is 59.8 Å². The molecular weight excluding hydrogens is 326 g/mol. The molecule has 0 aliphatic carbocycles.